The van der Waals surface area contributed by atoms with E-state index in [4.69, 9.17) is 11.1 Å². The molecule has 1 aliphatic heterocycles. The molecular formula is C13H16F3N3. The second-order valence-corrected chi connectivity index (χ2v) is 4.69. The van der Waals surface area contributed by atoms with Crippen LogP contribution in [0.4, 0.5) is 18.9 Å². The summed E-state index contributed by atoms with van der Waals surface area (Å²) in [4.78, 5) is 1.95. The zero-order valence-corrected chi connectivity index (χ0v) is 10.4. The number of nitrogens with two attached hydrogens (primary N) is 1. The maximum atomic E-state index is 13.0. The fourth-order valence-electron chi connectivity index (χ4n) is 2.35. The Morgan fingerprint density at radius 1 is 1.16 bits per heavy atom. The van der Waals surface area contributed by atoms with Crippen LogP contribution in [-0.2, 0) is 6.18 Å². The summed E-state index contributed by atoms with van der Waals surface area (Å²) in [6.45, 7) is 1.55. The molecule has 3 nitrogen and oxygen atoms in total. The Balaban J connectivity index is 2.40. The third-order valence-corrected chi connectivity index (χ3v) is 3.32. The van der Waals surface area contributed by atoms with Gasteiger partial charge in [0.05, 0.1) is 5.56 Å². The molecule has 0 atom stereocenters. The van der Waals surface area contributed by atoms with Crippen LogP contribution < -0.4 is 10.6 Å². The van der Waals surface area contributed by atoms with E-state index in [1.807, 2.05) is 4.90 Å². The summed E-state index contributed by atoms with van der Waals surface area (Å²) < 4.78 is 39.0. The Bertz CT molecular complexity index is 477. The highest BCUT2D eigenvalue weighted by Crippen LogP contribution is 2.35. The van der Waals surface area contributed by atoms with E-state index in [9.17, 15) is 13.2 Å². The summed E-state index contributed by atoms with van der Waals surface area (Å²) in [5, 5.41) is 7.24. The smallest absolute Gasteiger partial charge is 0.384 e. The maximum Gasteiger partial charge on any atom is 0.417 e. The lowest BCUT2D eigenvalue weighted by atomic mass is 10.0. The van der Waals surface area contributed by atoms with Crippen molar-refractivity contribution in [1.82, 2.24) is 0 Å². The molecule has 0 unspecified atom stereocenters. The number of hydrogen-bond donors (Lipinski definition) is 2. The quantitative estimate of drug-likeness (QED) is 0.641. The second kappa shape index (κ2) is 5.11. The van der Waals surface area contributed by atoms with Crippen molar-refractivity contribution in [2.24, 2.45) is 5.73 Å². The Morgan fingerprint density at radius 2 is 1.79 bits per heavy atom. The Kier molecular flexibility index (Phi) is 3.68. The Morgan fingerprint density at radius 3 is 2.32 bits per heavy atom. The predicted molar refractivity (Wildman–Crippen MR) is 68.5 cm³/mol. The Hall–Kier alpha value is -1.72. The van der Waals surface area contributed by atoms with Crippen LogP contribution in [0, 0.1) is 5.41 Å². The lowest BCUT2D eigenvalue weighted by molar-refractivity contribution is -0.137. The van der Waals surface area contributed by atoms with Gasteiger partial charge in [-0.2, -0.15) is 13.2 Å². The number of anilines is 1. The minimum Gasteiger partial charge on any atom is -0.384 e. The highest BCUT2D eigenvalue weighted by atomic mass is 19.4. The molecule has 3 N–H and O–H groups in total. The summed E-state index contributed by atoms with van der Waals surface area (Å²) in [6, 6.07) is 3.99. The van der Waals surface area contributed by atoms with Gasteiger partial charge in [0.15, 0.2) is 0 Å². The van der Waals surface area contributed by atoms with E-state index in [2.05, 4.69) is 0 Å². The minimum atomic E-state index is -4.49. The number of hydrogen-bond acceptors (Lipinski definition) is 2. The van der Waals surface area contributed by atoms with Crippen molar-refractivity contribution >= 4 is 11.5 Å². The van der Waals surface area contributed by atoms with E-state index < -0.39 is 17.6 Å². The third kappa shape index (κ3) is 3.00. The van der Waals surface area contributed by atoms with Crippen molar-refractivity contribution in [3.8, 4) is 0 Å². The standard InChI is InChI=1S/C13H16F3N3/c14-13(15,16)11-8-9(4-5-10(11)12(17)18)19-6-2-1-3-7-19/h4-5,8H,1-3,6-7H2,(H3,17,18). The van der Waals surface area contributed by atoms with Crippen molar-refractivity contribution in [2.45, 2.75) is 25.4 Å². The highest BCUT2D eigenvalue weighted by Gasteiger charge is 2.34. The van der Waals surface area contributed by atoms with Crippen LogP contribution in [0.15, 0.2) is 18.2 Å². The number of halogens is 3. The molecular weight excluding hydrogens is 255 g/mol. The molecule has 1 fully saturated rings. The summed E-state index contributed by atoms with van der Waals surface area (Å²) in [6.07, 6.45) is -1.38. The first-order valence-electron chi connectivity index (χ1n) is 6.20. The lowest BCUT2D eigenvalue weighted by Crippen LogP contribution is -2.30. The third-order valence-electron chi connectivity index (χ3n) is 3.32. The van der Waals surface area contributed by atoms with Crippen molar-refractivity contribution < 1.29 is 13.2 Å². The fourth-order valence-corrected chi connectivity index (χ4v) is 2.35. The van der Waals surface area contributed by atoms with E-state index in [0.717, 1.165) is 38.4 Å². The topological polar surface area (TPSA) is 53.1 Å². The van der Waals surface area contributed by atoms with Crippen LogP contribution in [0.25, 0.3) is 0 Å². The molecule has 0 radical (unpaired) electrons. The SMILES string of the molecule is N=C(N)c1ccc(N2CCCCC2)cc1C(F)(F)F. The molecule has 6 heteroatoms. The molecule has 0 spiro atoms. The first kappa shape index (κ1) is 13.7. The highest BCUT2D eigenvalue weighted by molar-refractivity contribution is 5.97. The van der Waals surface area contributed by atoms with Gasteiger partial charge in [0, 0.05) is 24.3 Å². The zero-order valence-electron chi connectivity index (χ0n) is 10.4. The molecule has 0 aromatic heterocycles. The number of nitrogens with one attached hydrogen (secondary N) is 1. The lowest BCUT2D eigenvalue weighted by Gasteiger charge is -2.29. The van der Waals surface area contributed by atoms with Gasteiger partial charge in [-0.25, -0.2) is 0 Å². The average molecular weight is 271 g/mol. The van der Waals surface area contributed by atoms with Gasteiger partial charge in [-0.3, -0.25) is 5.41 Å². The number of amidine groups is 1. The van der Waals surface area contributed by atoms with Crippen LogP contribution in [-0.4, -0.2) is 18.9 Å². The number of piperidine rings is 1. The molecule has 1 heterocycles. The van der Waals surface area contributed by atoms with Crippen molar-refractivity contribution in [3.05, 3.63) is 29.3 Å². The van der Waals surface area contributed by atoms with Gasteiger partial charge in [0.1, 0.15) is 5.84 Å². The molecule has 1 aromatic rings. The van der Waals surface area contributed by atoms with Crippen LogP contribution >= 0.6 is 0 Å². The van der Waals surface area contributed by atoms with Crippen LogP contribution in [0.1, 0.15) is 30.4 Å². The largest absolute Gasteiger partial charge is 0.417 e. The zero-order chi connectivity index (χ0) is 14.0. The van der Waals surface area contributed by atoms with Crippen LogP contribution in [0.5, 0.6) is 0 Å². The van der Waals surface area contributed by atoms with E-state index in [-0.39, 0.29) is 5.56 Å². The molecule has 1 aliphatic rings. The number of benzene rings is 1. The van der Waals surface area contributed by atoms with Crippen molar-refractivity contribution in [1.29, 1.82) is 5.41 Å². The number of rotatable bonds is 2. The molecule has 2 rings (SSSR count). The van der Waals surface area contributed by atoms with Gasteiger partial charge >= 0.3 is 6.18 Å². The summed E-state index contributed by atoms with van der Waals surface area (Å²) >= 11 is 0. The monoisotopic (exact) mass is 271 g/mol. The number of alkyl halides is 3. The van der Waals surface area contributed by atoms with E-state index in [1.54, 1.807) is 6.07 Å². The average Bonchev–Trinajstić information content (AvgIpc) is 2.38. The molecule has 1 aromatic carbocycles. The Labute approximate surface area is 109 Å². The normalized spacial score (nSPS) is 16.5. The summed E-state index contributed by atoms with van der Waals surface area (Å²) in [5.74, 6) is -0.558. The van der Waals surface area contributed by atoms with Crippen molar-refractivity contribution in [2.75, 3.05) is 18.0 Å². The molecule has 104 valence electrons. The van der Waals surface area contributed by atoms with Gasteiger partial charge < -0.3 is 10.6 Å². The predicted octanol–water partition coefficient (Wildman–Crippen LogP) is 2.98. The van der Waals surface area contributed by atoms with E-state index >= 15 is 0 Å². The van der Waals surface area contributed by atoms with Gasteiger partial charge in [-0.1, -0.05) is 0 Å². The van der Waals surface area contributed by atoms with Crippen molar-refractivity contribution in [3.63, 3.8) is 0 Å². The molecule has 1 saturated heterocycles. The van der Waals surface area contributed by atoms with Crippen LogP contribution in [0.3, 0.4) is 0 Å². The van der Waals surface area contributed by atoms with Gasteiger partial charge in [-0.05, 0) is 37.5 Å². The van der Waals surface area contributed by atoms with E-state index in [0.29, 0.717) is 5.69 Å². The molecule has 0 amide bonds. The number of nitrogens with zero attached hydrogens (tertiary/aromatic N) is 1. The first-order valence-corrected chi connectivity index (χ1v) is 6.20. The number of nitrogen functional groups attached to an aromatic ring is 1. The molecule has 0 aliphatic carbocycles. The van der Waals surface area contributed by atoms with Gasteiger partial charge in [-0.15, -0.1) is 0 Å². The summed E-state index contributed by atoms with van der Waals surface area (Å²) in [5.41, 5.74) is 4.68. The van der Waals surface area contributed by atoms with Gasteiger partial charge in [0.25, 0.3) is 0 Å². The van der Waals surface area contributed by atoms with E-state index in [1.165, 1.54) is 6.07 Å². The molecule has 19 heavy (non-hydrogen) atoms. The summed E-state index contributed by atoms with van der Waals surface area (Å²) in [7, 11) is 0. The second-order valence-electron chi connectivity index (χ2n) is 4.69. The van der Waals surface area contributed by atoms with Gasteiger partial charge in [0.2, 0.25) is 0 Å². The van der Waals surface area contributed by atoms with Crippen LogP contribution in [0.2, 0.25) is 0 Å². The molecule has 0 bridgehead atoms. The fraction of sp³-hybridized carbons (Fsp3) is 0.462. The molecule has 0 saturated carbocycles. The maximum absolute atomic E-state index is 13.0. The first-order chi connectivity index (χ1) is 8.89. The minimum absolute atomic E-state index is 0.256.